The van der Waals surface area contributed by atoms with Crippen molar-refractivity contribution in [1.29, 1.82) is 0 Å². The molecule has 0 radical (unpaired) electrons. The third-order valence-corrected chi connectivity index (χ3v) is 11.5. The molecule has 2 saturated heterocycles. The molecule has 2 aliphatic rings. The Morgan fingerprint density at radius 2 is 1.67 bits per heavy atom. The summed E-state index contributed by atoms with van der Waals surface area (Å²) in [6.07, 6.45) is -1.85. The average molecular weight is 479 g/mol. The number of rotatable bonds is 5. The minimum absolute atomic E-state index is 0.139. The minimum atomic E-state index is -5.75. The molecule has 4 atom stereocenters. The Bertz CT molecular complexity index is 733. The molecular weight excluding hydrogens is 445 g/mol. The molecule has 0 saturated carbocycles. The van der Waals surface area contributed by atoms with E-state index in [1.54, 1.807) is 20.8 Å². The van der Waals surface area contributed by atoms with E-state index in [4.69, 9.17) is 18.6 Å². The van der Waals surface area contributed by atoms with Crippen molar-refractivity contribution in [3.63, 3.8) is 0 Å². The molecule has 0 N–H and O–H groups in total. The first kappa shape index (κ1) is 26.0. The van der Waals surface area contributed by atoms with Crippen LogP contribution in [0.5, 0.6) is 0 Å². The largest absolute Gasteiger partial charge is 0.523 e. The van der Waals surface area contributed by atoms with Crippen LogP contribution in [0.3, 0.4) is 0 Å². The normalized spacial score (nSPS) is 33.2. The van der Waals surface area contributed by atoms with Gasteiger partial charge < -0.3 is 18.6 Å². The van der Waals surface area contributed by atoms with Crippen LogP contribution in [0.25, 0.3) is 0 Å². The summed E-state index contributed by atoms with van der Waals surface area (Å²) in [6.45, 7) is 14.7. The first-order valence-corrected chi connectivity index (χ1v) is 14.1. The van der Waals surface area contributed by atoms with Gasteiger partial charge in [-0.3, -0.25) is 4.18 Å². The highest BCUT2D eigenvalue weighted by molar-refractivity contribution is 7.87. The second-order valence-corrected chi connectivity index (χ2v) is 16.5. The summed E-state index contributed by atoms with van der Waals surface area (Å²) in [5.74, 6) is -0.849. The highest BCUT2D eigenvalue weighted by Gasteiger charge is 2.55. The Kier molecular flexibility index (Phi) is 6.90. The van der Waals surface area contributed by atoms with Crippen molar-refractivity contribution >= 4 is 18.4 Å². The van der Waals surface area contributed by atoms with Gasteiger partial charge in [-0.25, -0.2) is 0 Å². The molecule has 30 heavy (non-hydrogen) atoms. The third kappa shape index (κ3) is 5.57. The van der Waals surface area contributed by atoms with Crippen molar-refractivity contribution in [2.75, 3.05) is 13.2 Å². The first-order chi connectivity index (χ1) is 13.2. The van der Waals surface area contributed by atoms with Crippen molar-refractivity contribution in [2.24, 2.45) is 0 Å². The highest BCUT2D eigenvalue weighted by Crippen LogP contribution is 2.44. The lowest BCUT2D eigenvalue weighted by Crippen LogP contribution is -2.66. The zero-order chi connectivity index (χ0) is 23.4. The van der Waals surface area contributed by atoms with E-state index in [-0.39, 0.29) is 11.6 Å². The molecule has 2 heterocycles. The SMILES string of the molecule is CC1(C)OC[C@]2(C)O[C@H](COS(=O)(=O)C(F)(F)F)[C@@H](O[Si](C)(C)C(C)(C)C)C[C@H]2O1. The van der Waals surface area contributed by atoms with E-state index in [0.29, 0.717) is 6.42 Å². The molecule has 0 spiro atoms. The quantitative estimate of drug-likeness (QED) is 0.336. The van der Waals surface area contributed by atoms with E-state index in [9.17, 15) is 21.6 Å². The molecule has 0 aromatic heterocycles. The molecule has 7 nitrogen and oxygen atoms in total. The number of ether oxygens (including phenoxy) is 3. The van der Waals surface area contributed by atoms with Gasteiger partial charge in [-0.05, 0) is 38.9 Å². The molecule has 0 amide bonds. The Labute approximate surface area is 177 Å². The van der Waals surface area contributed by atoms with E-state index < -0.39 is 60.3 Å². The lowest BCUT2D eigenvalue weighted by molar-refractivity contribution is -0.367. The summed E-state index contributed by atoms with van der Waals surface area (Å²) in [6, 6.07) is 0. The molecule has 0 bridgehead atoms. The molecule has 2 fully saturated rings. The fourth-order valence-electron chi connectivity index (χ4n) is 3.15. The van der Waals surface area contributed by atoms with Crippen LogP contribution in [-0.4, -0.2) is 65.2 Å². The molecule has 0 unspecified atom stereocenters. The number of fused-ring (bicyclic) bond motifs is 1. The monoisotopic (exact) mass is 478 g/mol. The van der Waals surface area contributed by atoms with Crippen molar-refractivity contribution < 1.29 is 44.4 Å². The van der Waals surface area contributed by atoms with Gasteiger partial charge in [0.2, 0.25) is 0 Å². The Morgan fingerprint density at radius 3 is 2.17 bits per heavy atom. The van der Waals surface area contributed by atoms with E-state index in [0.717, 1.165) is 0 Å². The van der Waals surface area contributed by atoms with Crippen LogP contribution in [-0.2, 0) is 32.9 Å². The Hall–Kier alpha value is -0.243. The number of hydrogen-bond donors (Lipinski definition) is 0. The van der Waals surface area contributed by atoms with Crippen molar-refractivity contribution in [3.8, 4) is 0 Å². The standard InChI is InChI=1S/C18H33F3O7SSi/c1-15(2,3)30(7,8)28-12-9-14-17(6,11-24-16(4,5)27-14)26-13(12)10-25-29(22,23)18(19,20)21/h12-14H,9-11H2,1-8H3/t12-,13+,14+,17-/m0/s1. The molecule has 0 aromatic carbocycles. The molecule has 2 rings (SSSR count). The Balaban J connectivity index is 2.29. The summed E-state index contributed by atoms with van der Waals surface area (Å²) < 4.78 is 89.4. The molecule has 178 valence electrons. The van der Waals surface area contributed by atoms with Crippen LogP contribution in [0.15, 0.2) is 0 Å². The molecule has 0 aliphatic carbocycles. The van der Waals surface area contributed by atoms with Crippen LogP contribution < -0.4 is 0 Å². The lowest BCUT2D eigenvalue weighted by Gasteiger charge is -2.54. The summed E-state index contributed by atoms with van der Waals surface area (Å²) in [4.78, 5) is 0. The maximum atomic E-state index is 12.7. The van der Waals surface area contributed by atoms with Gasteiger partial charge in [0.05, 0.1) is 25.4 Å². The van der Waals surface area contributed by atoms with Gasteiger partial charge in [0.15, 0.2) is 14.1 Å². The molecule has 2 aliphatic heterocycles. The first-order valence-electron chi connectivity index (χ1n) is 9.82. The molecule has 0 aromatic rings. The number of halogens is 3. The van der Waals surface area contributed by atoms with Gasteiger partial charge in [0.1, 0.15) is 11.7 Å². The van der Waals surface area contributed by atoms with E-state index in [2.05, 4.69) is 4.18 Å². The predicted octanol–water partition coefficient (Wildman–Crippen LogP) is 3.94. The maximum absolute atomic E-state index is 12.7. The smallest absolute Gasteiger partial charge is 0.411 e. The number of hydrogen-bond acceptors (Lipinski definition) is 7. The van der Waals surface area contributed by atoms with E-state index >= 15 is 0 Å². The van der Waals surface area contributed by atoms with Crippen molar-refractivity contribution in [2.45, 2.75) is 101 Å². The van der Waals surface area contributed by atoms with Crippen molar-refractivity contribution in [3.05, 3.63) is 0 Å². The van der Waals surface area contributed by atoms with Crippen LogP contribution >= 0.6 is 0 Å². The van der Waals surface area contributed by atoms with Gasteiger partial charge in [0, 0.05) is 6.42 Å². The van der Waals surface area contributed by atoms with Crippen LogP contribution in [0.1, 0.15) is 48.0 Å². The van der Waals surface area contributed by atoms with Crippen LogP contribution in [0.2, 0.25) is 18.1 Å². The summed E-state index contributed by atoms with van der Waals surface area (Å²) >= 11 is 0. The average Bonchev–Trinajstić information content (AvgIpc) is 2.51. The lowest BCUT2D eigenvalue weighted by atomic mass is 9.87. The minimum Gasteiger partial charge on any atom is -0.411 e. The van der Waals surface area contributed by atoms with Gasteiger partial charge in [-0.15, -0.1) is 0 Å². The topological polar surface area (TPSA) is 80.3 Å². The highest BCUT2D eigenvalue weighted by atomic mass is 32.2. The summed E-state index contributed by atoms with van der Waals surface area (Å²) in [7, 11) is -8.10. The maximum Gasteiger partial charge on any atom is 0.523 e. The van der Waals surface area contributed by atoms with Gasteiger partial charge in [-0.2, -0.15) is 21.6 Å². The predicted molar refractivity (Wildman–Crippen MR) is 106 cm³/mol. The van der Waals surface area contributed by atoms with Crippen LogP contribution in [0, 0.1) is 0 Å². The molecular formula is C18H33F3O7SSi. The molecule has 12 heteroatoms. The zero-order valence-corrected chi connectivity index (χ0v) is 20.6. The fourth-order valence-corrected chi connectivity index (χ4v) is 4.95. The number of alkyl halides is 3. The third-order valence-electron chi connectivity index (χ3n) is 6.02. The van der Waals surface area contributed by atoms with Gasteiger partial charge in [0.25, 0.3) is 0 Å². The second-order valence-electron chi connectivity index (χ2n) is 10.1. The van der Waals surface area contributed by atoms with Crippen molar-refractivity contribution in [1.82, 2.24) is 0 Å². The zero-order valence-electron chi connectivity index (χ0n) is 18.8. The summed E-state index contributed by atoms with van der Waals surface area (Å²) in [5.41, 5.74) is -6.48. The van der Waals surface area contributed by atoms with E-state index in [1.165, 1.54) is 0 Å². The fraction of sp³-hybridized carbons (Fsp3) is 1.00. The summed E-state index contributed by atoms with van der Waals surface area (Å²) in [5, 5.41) is -0.174. The van der Waals surface area contributed by atoms with Gasteiger partial charge >= 0.3 is 15.6 Å². The second kappa shape index (κ2) is 7.96. The van der Waals surface area contributed by atoms with Crippen LogP contribution in [0.4, 0.5) is 13.2 Å². The Morgan fingerprint density at radius 1 is 1.10 bits per heavy atom. The van der Waals surface area contributed by atoms with Gasteiger partial charge in [-0.1, -0.05) is 20.8 Å². The van der Waals surface area contributed by atoms with E-state index in [1.807, 2.05) is 33.9 Å².